The van der Waals surface area contributed by atoms with Crippen LogP contribution < -0.4 is 0 Å². The number of aromatic nitrogens is 2. The van der Waals surface area contributed by atoms with Gasteiger partial charge in [0.05, 0.1) is 11.3 Å². The van der Waals surface area contributed by atoms with E-state index < -0.39 is 0 Å². The van der Waals surface area contributed by atoms with Crippen molar-refractivity contribution < 1.29 is 34.4 Å². The van der Waals surface area contributed by atoms with E-state index in [1.54, 1.807) is 0 Å². The van der Waals surface area contributed by atoms with E-state index in [2.05, 4.69) is 95.6 Å². The first-order chi connectivity index (χ1) is 21.5. The molecule has 7 aromatic rings. The van der Waals surface area contributed by atoms with E-state index in [1.165, 1.54) is 66.5 Å². The van der Waals surface area contributed by atoms with Crippen LogP contribution in [0.15, 0.2) is 107 Å². The number of rotatable bonds is 3. The molecule has 9 rings (SSSR count). The number of hydrogen-bond donors (Lipinski definition) is 1. The van der Waals surface area contributed by atoms with Gasteiger partial charge in [0.2, 0.25) is 0 Å². The molecule has 225 valence electrons. The van der Waals surface area contributed by atoms with Crippen molar-refractivity contribution in [2.24, 2.45) is 0 Å². The summed E-state index contributed by atoms with van der Waals surface area (Å²) in [5.41, 5.74) is 10.3. The number of fused-ring (bicyclic) bond motifs is 11. The SMILES string of the molecule is CC(=O)C=C(C)O.[Ir].[c-]1c(-c2nc3cc4oc5ccccc5c4cc3c3c2C2CCC3C2)n(-c2ccccc2)c2ccccc12. The summed E-state index contributed by atoms with van der Waals surface area (Å²) in [6.07, 6.45) is 4.92. The van der Waals surface area contributed by atoms with Crippen molar-refractivity contribution in [2.45, 2.75) is 44.9 Å². The summed E-state index contributed by atoms with van der Waals surface area (Å²) in [5, 5.41) is 13.1. The third kappa shape index (κ3) is 4.89. The maximum atomic E-state index is 10.0. The first kappa shape index (κ1) is 29.2. The van der Waals surface area contributed by atoms with Gasteiger partial charge in [-0.25, -0.2) is 0 Å². The van der Waals surface area contributed by atoms with Crippen LogP contribution >= 0.6 is 0 Å². The number of aliphatic hydroxyl groups excluding tert-OH is 1. The van der Waals surface area contributed by atoms with Gasteiger partial charge in [-0.2, -0.15) is 0 Å². The minimum atomic E-state index is -0.125. The van der Waals surface area contributed by atoms with Gasteiger partial charge in [-0.05, 0) is 86.0 Å². The summed E-state index contributed by atoms with van der Waals surface area (Å²) in [5.74, 6) is 1.11. The molecule has 0 spiro atoms. The Balaban J connectivity index is 0.000000369. The third-order valence-electron chi connectivity index (χ3n) is 9.08. The molecule has 2 aliphatic rings. The number of ketones is 1. The predicted molar refractivity (Wildman–Crippen MR) is 177 cm³/mol. The van der Waals surface area contributed by atoms with Crippen LogP contribution in [-0.2, 0) is 24.9 Å². The second kappa shape index (κ2) is 11.4. The zero-order valence-electron chi connectivity index (χ0n) is 25.0. The fourth-order valence-corrected chi connectivity index (χ4v) is 7.44. The van der Waals surface area contributed by atoms with Crippen LogP contribution in [0.25, 0.3) is 60.8 Å². The molecule has 5 nitrogen and oxygen atoms in total. The summed E-state index contributed by atoms with van der Waals surface area (Å²) in [4.78, 5) is 15.4. The average Bonchev–Trinajstić information content (AvgIpc) is 3.81. The van der Waals surface area contributed by atoms with E-state index in [9.17, 15) is 4.79 Å². The molecular formula is C39H31IrN2O3-. The molecule has 2 bridgehead atoms. The Hall–Kier alpha value is -4.51. The Bertz CT molecular complexity index is 2280. The maximum absolute atomic E-state index is 10.0. The summed E-state index contributed by atoms with van der Waals surface area (Å²) in [6, 6.07) is 35.8. The quantitative estimate of drug-likeness (QED) is 0.111. The summed E-state index contributed by atoms with van der Waals surface area (Å²) < 4.78 is 8.62. The zero-order chi connectivity index (χ0) is 29.9. The van der Waals surface area contributed by atoms with Gasteiger partial charge in [-0.3, -0.25) is 9.78 Å². The fourth-order valence-electron chi connectivity index (χ4n) is 7.44. The molecule has 2 aliphatic carbocycles. The number of carbonyl (C=O) groups excluding carboxylic acids is 1. The van der Waals surface area contributed by atoms with Gasteiger partial charge in [0.25, 0.3) is 0 Å². The first-order valence-corrected chi connectivity index (χ1v) is 15.2. The fraction of sp³-hybridized carbons (Fsp3) is 0.179. The van der Waals surface area contributed by atoms with Crippen molar-refractivity contribution in [1.82, 2.24) is 9.55 Å². The predicted octanol–water partition coefficient (Wildman–Crippen LogP) is 9.94. The van der Waals surface area contributed by atoms with Crippen molar-refractivity contribution in [3.05, 3.63) is 120 Å². The molecule has 0 saturated heterocycles. The molecule has 1 saturated carbocycles. The van der Waals surface area contributed by atoms with Crippen molar-refractivity contribution >= 4 is 49.5 Å². The number of hydrogen-bond acceptors (Lipinski definition) is 4. The van der Waals surface area contributed by atoms with E-state index in [0.717, 1.165) is 44.7 Å². The number of nitrogens with zero attached hydrogens (tertiary/aromatic N) is 2. The molecule has 1 N–H and O–H groups in total. The van der Waals surface area contributed by atoms with Gasteiger partial charge in [-0.15, -0.1) is 23.6 Å². The van der Waals surface area contributed by atoms with Crippen LogP contribution in [0.2, 0.25) is 0 Å². The number of furan rings is 1. The Morgan fingerprint density at radius 3 is 2.33 bits per heavy atom. The first-order valence-electron chi connectivity index (χ1n) is 15.2. The van der Waals surface area contributed by atoms with Crippen LogP contribution in [0.4, 0.5) is 0 Å². The third-order valence-corrected chi connectivity index (χ3v) is 9.08. The molecular weight excluding hydrogens is 737 g/mol. The zero-order valence-corrected chi connectivity index (χ0v) is 27.4. The molecule has 1 fully saturated rings. The normalized spacial score (nSPS) is 17.0. The van der Waals surface area contributed by atoms with Crippen molar-refractivity contribution in [2.75, 3.05) is 0 Å². The van der Waals surface area contributed by atoms with Gasteiger partial charge in [0, 0.05) is 59.8 Å². The van der Waals surface area contributed by atoms with Gasteiger partial charge in [-0.1, -0.05) is 54.1 Å². The van der Waals surface area contributed by atoms with E-state index in [-0.39, 0.29) is 31.6 Å². The molecule has 4 aromatic carbocycles. The molecule has 3 heterocycles. The minimum absolute atomic E-state index is 0. The number of carbonyl (C=O) groups is 1. The van der Waals surface area contributed by atoms with Crippen LogP contribution in [0.1, 0.15) is 56.1 Å². The van der Waals surface area contributed by atoms with Crippen molar-refractivity contribution in [1.29, 1.82) is 0 Å². The van der Waals surface area contributed by atoms with Crippen LogP contribution in [0.5, 0.6) is 0 Å². The Kier molecular flexibility index (Phi) is 7.43. The number of para-hydroxylation sites is 3. The summed E-state index contributed by atoms with van der Waals surface area (Å²) >= 11 is 0. The summed E-state index contributed by atoms with van der Waals surface area (Å²) in [6.45, 7) is 2.85. The van der Waals surface area contributed by atoms with E-state index in [0.29, 0.717) is 11.8 Å². The summed E-state index contributed by atoms with van der Waals surface area (Å²) in [7, 11) is 0. The standard InChI is InChI=1S/C34H23N2O.C5H8O2.Ir/c1-2-9-23(10-3-1)36-28-12-6-4-8-20(28)17-29(36)34-33-22-15-14-21(16-22)32(33)26-18-25-24-11-5-7-13-30(24)37-31(25)19-27(26)35-34;1-4(6)3-5(2)7;/h1-13,18-19,21-22H,14-16H2;3,6H,1-2H3;/q-1;;. The second-order valence-corrected chi connectivity index (χ2v) is 12.0. The van der Waals surface area contributed by atoms with Crippen molar-refractivity contribution in [3.8, 4) is 17.1 Å². The average molecular weight is 768 g/mol. The monoisotopic (exact) mass is 768 g/mol. The van der Waals surface area contributed by atoms with Gasteiger partial charge in [0.1, 0.15) is 11.2 Å². The van der Waals surface area contributed by atoms with Crippen LogP contribution in [-0.4, -0.2) is 20.4 Å². The van der Waals surface area contributed by atoms with Gasteiger partial charge in [0.15, 0.2) is 5.78 Å². The Morgan fingerprint density at radius 2 is 1.58 bits per heavy atom. The van der Waals surface area contributed by atoms with E-state index in [1.807, 2.05) is 6.07 Å². The van der Waals surface area contributed by atoms with E-state index >= 15 is 0 Å². The molecule has 3 aromatic heterocycles. The molecule has 6 heteroatoms. The minimum Gasteiger partial charge on any atom is -0.512 e. The number of allylic oxidation sites excluding steroid dienone is 2. The number of benzene rings is 4. The second-order valence-electron chi connectivity index (χ2n) is 12.0. The van der Waals surface area contributed by atoms with Crippen LogP contribution in [0, 0.1) is 6.07 Å². The number of aliphatic hydroxyl groups is 1. The van der Waals surface area contributed by atoms with Crippen molar-refractivity contribution in [3.63, 3.8) is 0 Å². The number of pyridine rings is 1. The van der Waals surface area contributed by atoms with E-state index in [4.69, 9.17) is 14.5 Å². The molecule has 1 radical (unpaired) electrons. The maximum Gasteiger partial charge on any atom is 0.155 e. The van der Waals surface area contributed by atoms with Gasteiger partial charge >= 0.3 is 0 Å². The largest absolute Gasteiger partial charge is 0.512 e. The topological polar surface area (TPSA) is 68.3 Å². The molecule has 45 heavy (non-hydrogen) atoms. The Morgan fingerprint density at radius 1 is 0.867 bits per heavy atom. The smallest absolute Gasteiger partial charge is 0.155 e. The van der Waals surface area contributed by atoms with Gasteiger partial charge < -0.3 is 14.1 Å². The molecule has 2 unspecified atom stereocenters. The van der Waals surface area contributed by atoms with Crippen LogP contribution in [0.3, 0.4) is 0 Å². The molecule has 0 aliphatic heterocycles. The Labute approximate surface area is 274 Å². The molecule has 2 atom stereocenters. The molecule has 0 amide bonds.